The van der Waals surface area contributed by atoms with Crippen molar-refractivity contribution in [2.45, 2.75) is 50.7 Å². The van der Waals surface area contributed by atoms with E-state index < -0.39 is 0 Å². The van der Waals surface area contributed by atoms with E-state index in [0.717, 1.165) is 30.9 Å². The van der Waals surface area contributed by atoms with Crippen LogP contribution in [-0.2, 0) is 13.0 Å². The number of quaternary nitrogens is 1. The van der Waals surface area contributed by atoms with Gasteiger partial charge in [-0.3, -0.25) is 4.98 Å². The standard InChI is InChI=1S/C25H26N6/c1-2-7-21-17-30(15-13-18(21)6-1)24(20-11-12-23-19(16-20)8-5-14-26-23)25-27-28-29-31(25)22-9-3-4-10-22/h1-2,5-8,11-12,14,16,22,24H,3-4,9-10,13,15,17H2/p+1/t24-/m0/s1. The molecule has 2 aromatic heterocycles. The van der Waals surface area contributed by atoms with Gasteiger partial charge < -0.3 is 4.90 Å². The Morgan fingerprint density at radius 1 is 0.968 bits per heavy atom. The first kappa shape index (κ1) is 18.6. The summed E-state index contributed by atoms with van der Waals surface area (Å²) >= 11 is 0. The van der Waals surface area contributed by atoms with Crippen molar-refractivity contribution in [1.29, 1.82) is 0 Å². The minimum absolute atomic E-state index is 0.105. The average molecular weight is 412 g/mol. The summed E-state index contributed by atoms with van der Waals surface area (Å²) in [7, 11) is 0. The van der Waals surface area contributed by atoms with Gasteiger partial charge in [-0.1, -0.05) is 49.2 Å². The van der Waals surface area contributed by atoms with Crippen molar-refractivity contribution in [2.75, 3.05) is 6.54 Å². The molecule has 4 aromatic rings. The van der Waals surface area contributed by atoms with Crippen LogP contribution >= 0.6 is 0 Å². The van der Waals surface area contributed by atoms with Gasteiger partial charge in [0.15, 0.2) is 6.04 Å². The molecular formula is C25H27N6+. The third-order valence-electron chi connectivity index (χ3n) is 7.07. The first-order chi connectivity index (χ1) is 15.4. The molecule has 0 amide bonds. The first-order valence-corrected chi connectivity index (χ1v) is 11.4. The summed E-state index contributed by atoms with van der Waals surface area (Å²) in [5, 5.41) is 14.4. The number of fused-ring (bicyclic) bond motifs is 2. The predicted molar refractivity (Wildman–Crippen MR) is 119 cm³/mol. The minimum Gasteiger partial charge on any atom is -0.318 e. The quantitative estimate of drug-likeness (QED) is 0.561. The Hall–Kier alpha value is -3.12. The summed E-state index contributed by atoms with van der Waals surface area (Å²) in [4.78, 5) is 6.03. The second kappa shape index (κ2) is 7.85. The van der Waals surface area contributed by atoms with E-state index in [1.165, 1.54) is 52.7 Å². The normalized spacial score (nSPS) is 20.1. The van der Waals surface area contributed by atoms with Crippen LogP contribution in [0, 0.1) is 0 Å². The molecule has 156 valence electrons. The van der Waals surface area contributed by atoms with Gasteiger partial charge >= 0.3 is 0 Å². The molecular weight excluding hydrogens is 384 g/mol. The molecule has 2 atom stereocenters. The lowest BCUT2D eigenvalue weighted by Gasteiger charge is -2.32. The van der Waals surface area contributed by atoms with Gasteiger partial charge in [-0.05, 0) is 47.0 Å². The molecule has 3 heterocycles. The molecule has 2 aliphatic rings. The molecule has 0 radical (unpaired) electrons. The fourth-order valence-corrected chi connectivity index (χ4v) is 5.49. The van der Waals surface area contributed by atoms with E-state index in [4.69, 9.17) is 0 Å². The van der Waals surface area contributed by atoms with Gasteiger partial charge in [-0.2, -0.15) is 0 Å². The number of nitrogens with zero attached hydrogens (tertiary/aromatic N) is 5. The maximum Gasteiger partial charge on any atom is 0.214 e. The monoisotopic (exact) mass is 411 g/mol. The number of hydrogen-bond donors (Lipinski definition) is 1. The molecule has 1 saturated carbocycles. The molecule has 31 heavy (non-hydrogen) atoms. The SMILES string of the molecule is c1ccc2c(c1)CC[NH+]([C@@H](c1ccc3ncccc3c1)c1nnnn1C1CCCC1)C2. The van der Waals surface area contributed by atoms with Crippen molar-refractivity contribution in [1.82, 2.24) is 25.2 Å². The van der Waals surface area contributed by atoms with E-state index in [2.05, 4.69) is 73.7 Å². The molecule has 1 aliphatic heterocycles. The lowest BCUT2D eigenvalue weighted by Crippen LogP contribution is -3.12. The summed E-state index contributed by atoms with van der Waals surface area (Å²) in [5.41, 5.74) is 5.21. The van der Waals surface area contributed by atoms with Gasteiger partial charge in [0.1, 0.15) is 6.54 Å². The summed E-state index contributed by atoms with van der Waals surface area (Å²) in [6.07, 6.45) is 7.81. The van der Waals surface area contributed by atoms with E-state index in [-0.39, 0.29) is 6.04 Å². The van der Waals surface area contributed by atoms with Crippen LogP contribution in [0.5, 0.6) is 0 Å². The maximum absolute atomic E-state index is 4.61. The lowest BCUT2D eigenvalue weighted by molar-refractivity contribution is -0.941. The van der Waals surface area contributed by atoms with Crippen molar-refractivity contribution < 1.29 is 4.90 Å². The molecule has 0 spiro atoms. The number of aromatic nitrogens is 5. The van der Waals surface area contributed by atoms with Gasteiger partial charge in [0, 0.05) is 29.1 Å². The molecule has 0 bridgehead atoms. The Kier molecular flexibility index (Phi) is 4.72. The number of nitrogens with one attached hydrogen (secondary N) is 1. The molecule has 2 aromatic carbocycles. The number of benzene rings is 2. The van der Waals surface area contributed by atoms with E-state index in [0.29, 0.717) is 6.04 Å². The Morgan fingerprint density at radius 3 is 2.74 bits per heavy atom. The average Bonchev–Trinajstić information content (AvgIpc) is 3.51. The van der Waals surface area contributed by atoms with Crippen LogP contribution in [0.15, 0.2) is 60.8 Å². The van der Waals surface area contributed by atoms with Crippen molar-refractivity contribution in [3.63, 3.8) is 0 Å². The second-order valence-corrected chi connectivity index (χ2v) is 8.91. The van der Waals surface area contributed by atoms with E-state index in [1.807, 2.05) is 12.3 Å². The molecule has 1 aliphatic carbocycles. The summed E-state index contributed by atoms with van der Waals surface area (Å²) in [6.45, 7) is 2.06. The van der Waals surface area contributed by atoms with Gasteiger partial charge in [0.2, 0.25) is 5.82 Å². The highest BCUT2D eigenvalue weighted by Gasteiger charge is 2.36. The molecule has 1 fully saturated rings. The Bertz CT molecular complexity index is 1210. The van der Waals surface area contributed by atoms with Crippen LogP contribution < -0.4 is 4.90 Å². The molecule has 6 rings (SSSR count). The zero-order valence-corrected chi connectivity index (χ0v) is 17.6. The van der Waals surface area contributed by atoms with Crippen LogP contribution in [0.3, 0.4) is 0 Å². The van der Waals surface area contributed by atoms with E-state index in [1.54, 1.807) is 0 Å². The van der Waals surface area contributed by atoms with Crippen LogP contribution in [0.2, 0.25) is 0 Å². The molecule has 0 saturated heterocycles. The third-order valence-corrected chi connectivity index (χ3v) is 7.07. The van der Waals surface area contributed by atoms with Gasteiger partial charge in [0.25, 0.3) is 0 Å². The van der Waals surface area contributed by atoms with Crippen LogP contribution in [0.25, 0.3) is 10.9 Å². The first-order valence-electron chi connectivity index (χ1n) is 11.4. The molecule has 1 N–H and O–H groups in total. The Balaban J connectivity index is 1.46. The van der Waals surface area contributed by atoms with Crippen LogP contribution in [0.4, 0.5) is 0 Å². The van der Waals surface area contributed by atoms with Crippen molar-refractivity contribution in [3.8, 4) is 0 Å². The molecule has 6 heteroatoms. The van der Waals surface area contributed by atoms with Gasteiger partial charge in [-0.25, -0.2) is 4.68 Å². The highest BCUT2D eigenvalue weighted by molar-refractivity contribution is 5.79. The number of pyridine rings is 1. The lowest BCUT2D eigenvalue weighted by atomic mass is 9.95. The fraction of sp³-hybridized carbons (Fsp3) is 0.360. The number of hydrogen-bond acceptors (Lipinski definition) is 4. The predicted octanol–water partition coefficient (Wildman–Crippen LogP) is 3.07. The Morgan fingerprint density at radius 2 is 1.84 bits per heavy atom. The molecule has 1 unspecified atom stereocenters. The fourth-order valence-electron chi connectivity index (χ4n) is 5.49. The van der Waals surface area contributed by atoms with Crippen LogP contribution in [-0.4, -0.2) is 31.7 Å². The summed E-state index contributed by atoms with van der Waals surface area (Å²) < 4.78 is 2.14. The highest BCUT2D eigenvalue weighted by Crippen LogP contribution is 2.32. The maximum atomic E-state index is 4.61. The third kappa shape index (κ3) is 3.41. The largest absolute Gasteiger partial charge is 0.318 e. The van der Waals surface area contributed by atoms with Crippen molar-refractivity contribution in [3.05, 3.63) is 83.3 Å². The van der Waals surface area contributed by atoms with E-state index in [9.17, 15) is 0 Å². The topological polar surface area (TPSA) is 60.9 Å². The smallest absolute Gasteiger partial charge is 0.214 e. The number of tetrazole rings is 1. The molecule has 6 nitrogen and oxygen atoms in total. The zero-order valence-electron chi connectivity index (χ0n) is 17.6. The minimum atomic E-state index is 0.105. The second-order valence-electron chi connectivity index (χ2n) is 8.91. The van der Waals surface area contributed by atoms with Crippen LogP contribution in [0.1, 0.15) is 60.3 Å². The summed E-state index contributed by atoms with van der Waals surface area (Å²) in [6, 6.07) is 20.2. The Labute approximate surface area is 181 Å². The zero-order chi connectivity index (χ0) is 20.6. The van der Waals surface area contributed by atoms with E-state index >= 15 is 0 Å². The number of rotatable bonds is 4. The van der Waals surface area contributed by atoms with Gasteiger partial charge in [0.05, 0.1) is 18.1 Å². The van der Waals surface area contributed by atoms with Crippen molar-refractivity contribution in [2.24, 2.45) is 0 Å². The van der Waals surface area contributed by atoms with Gasteiger partial charge in [-0.15, -0.1) is 5.10 Å². The highest BCUT2D eigenvalue weighted by atomic mass is 15.6. The summed E-state index contributed by atoms with van der Waals surface area (Å²) in [5.74, 6) is 1.00. The van der Waals surface area contributed by atoms with Crippen molar-refractivity contribution >= 4 is 10.9 Å².